The summed E-state index contributed by atoms with van der Waals surface area (Å²) < 4.78 is 29.3. The molecule has 0 aliphatic rings. The SMILES string of the molecule is CCCCCc1ccc(-c2ccc(C#Cc3ccc(CCC)cc3)c(F)c2F)cc1. The molecule has 2 heteroatoms. The molecule has 0 nitrogen and oxygen atoms in total. The molecule has 0 saturated carbocycles. The van der Waals surface area contributed by atoms with E-state index in [1.54, 1.807) is 12.1 Å². The molecule has 3 aromatic rings. The second-order valence-corrected chi connectivity index (χ2v) is 7.64. The van der Waals surface area contributed by atoms with Crippen LogP contribution in [0, 0.1) is 23.5 Å². The van der Waals surface area contributed by atoms with Crippen molar-refractivity contribution in [3.63, 3.8) is 0 Å². The first-order chi connectivity index (χ1) is 14.6. The van der Waals surface area contributed by atoms with Crippen molar-refractivity contribution >= 4 is 0 Å². The van der Waals surface area contributed by atoms with Crippen molar-refractivity contribution in [3.8, 4) is 23.0 Å². The summed E-state index contributed by atoms with van der Waals surface area (Å²) in [5.41, 5.74) is 4.28. The maximum absolute atomic E-state index is 14.7. The van der Waals surface area contributed by atoms with Crippen LogP contribution in [-0.2, 0) is 12.8 Å². The quantitative estimate of drug-likeness (QED) is 0.280. The van der Waals surface area contributed by atoms with Gasteiger partial charge in [-0.2, -0.15) is 0 Å². The van der Waals surface area contributed by atoms with Gasteiger partial charge in [0.25, 0.3) is 0 Å². The van der Waals surface area contributed by atoms with E-state index in [1.807, 2.05) is 48.5 Å². The molecular formula is C28H28F2. The zero-order chi connectivity index (χ0) is 21.3. The summed E-state index contributed by atoms with van der Waals surface area (Å²) in [5, 5.41) is 0. The Morgan fingerprint density at radius 1 is 0.633 bits per heavy atom. The molecule has 30 heavy (non-hydrogen) atoms. The Kier molecular flexibility index (Phi) is 7.80. The van der Waals surface area contributed by atoms with Crippen LogP contribution in [-0.4, -0.2) is 0 Å². The first-order valence-corrected chi connectivity index (χ1v) is 10.8. The molecule has 154 valence electrons. The Balaban J connectivity index is 1.77. The lowest BCUT2D eigenvalue weighted by molar-refractivity contribution is 0.509. The Morgan fingerprint density at radius 3 is 1.97 bits per heavy atom. The van der Waals surface area contributed by atoms with Crippen LogP contribution in [0.2, 0.25) is 0 Å². The van der Waals surface area contributed by atoms with Crippen LogP contribution in [0.15, 0.2) is 60.7 Å². The van der Waals surface area contributed by atoms with E-state index in [1.165, 1.54) is 24.0 Å². The molecule has 0 spiro atoms. The number of halogens is 2. The summed E-state index contributed by atoms with van der Waals surface area (Å²) in [6, 6.07) is 18.8. The summed E-state index contributed by atoms with van der Waals surface area (Å²) in [4.78, 5) is 0. The minimum atomic E-state index is -0.894. The van der Waals surface area contributed by atoms with Gasteiger partial charge in [-0.1, -0.05) is 81.3 Å². The molecule has 0 aliphatic heterocycles. The van der Waals surface area contributed by atoms with Crippen LogP contribution in [0.4, 0.5) is 8.78 Å². The number of hydrogen-bond acceptors (Lipinski definition) is 0. The third kappa shape index (κ3) is 5.57. The van der Waals surface area contributed by atoms with Crippen molar-refractivity contribution in [2.75, 3.05) is 0 Å². The predicted octanol–water partition coefficient (Wildman–Crippen LogP) is 7.72. The summed E-state index contributed by atoms with van der Waals surface area (Å²) in [5.74, 6) is 3.96. The van der Waals surface area contributed by atoms with Gasteiger partial charge in [-0.25, -0.2) is 8.78 Å². The molecular weight excluding hydrogens is 374 g/mol. The van der Waals surface area contributed by atoms with Crippen molar-refractivity contribution < 1.29 is 8.78 Å². The standard InChI is InChI=1S/C28H28F2/c1-3-5-6-8-22-13-16-24(17-14-22)26-20-19-25(27(29)28(26)30)18-15-23-11-9-21(7-4-2)10-12-23/h9-14,16-17,19-20H,3-8H2,1-2H3. The van der Waals surface area contributed by atoms with E-state index in [9.17, 15) is 8.78 Å². The molecule has 0 radical (unpaired) electrons. The van der Waals surface area contributed by atoms with E-state index in [4.69, 9.17) is 0 Å². The number of unbranched alkanes of at least 4 members (excludes halogenated alkanes) is 2. The van der Waals surface area contributed by atoms with Gasteiger partial charge in [0.15, 0.2) is 11.6 Å². The molecule has 0 saturated heterocycles. The second-order valence-electron chi connectivity index (χ2n) is 7.64. The Hall–Kier alpha value is -2.92. The molecule has 0 aromatic heterocycles. The Bertz CT molecular complexity index is 1020. The highest BCUT2D eigenvalue weighted by Gasteiger charge is 2.13. The van der Waals surface area contributed by atoms with Crippen LogP contribution < -0.4 is 0 Å². The fourth-order valence-electron chi connectivity index (χ4n) is 3.48. The van der Waals surface area contributed by atoms with Crippen LogP contribution in [0.1, 0.15) is 61.8 Å². The summed E-state index contributed by atoms with van der Waals surface area (Å²) in [6.45, 7) is 4.31. The number of rotatable bonds is 7. The molecule has 0 fully saturated rings. The Labute approximate surface area is 179 Å². The largest absolute Gasteiger partial charge is 0.203 e. The van der Waals surface area contributed by atoms with E-state index in [0.717, 1.165) is 31.2 Å². The highest BCUT2D eigenvalue weighted by atomic mass is 19.2. The van der Waals surface area contributed by atoms with Crippen LogP contribution in [0.5, 0.6) is 0 Å². The summed E-state index contributed by atoms with van der Waals surface area (Å²) >= 11 is 0. The van der Waals surface area contributed by atoms with Crippen molar-refractivity contribution in [1.82, 2.24) is 0 Å². The van der Waals surface area contributed by atoms with Gasteiger partial charge in [-0.3, -0.25) is 0 Å². The highest BCUT2D eigenvalue weighted by Crippen LogP contribution is 2.27. The summed E-state index contributed by atoms with van der Waals surface area (Å²) in [7, 11) is 0. The van der Waals surface area contributed by atoms with Crippen molar-refractivity contribution in [2.24, 2.45) is 0 Å². The fourth-order valence-corrected chi connectivity index (χ4v) is 3.48. The number of benzene rings is 3. The smallest absolute Gasteiger partial charge is 0.175 e. The van der Waals surface area contributed by atoms with Crippen LogP contribution in [0.3, 0.4) is 0 Å². The van der Waals surface area contributed by atoms with Gasteiger partial charge >= 0.3 is 0 Å². The average Bonchev–Trinajstić information content (AvgIpc) is 2.77. The van der Waals surface area contributed by atoms with Crippen molar-refractivity contribution in [3.05, 3.63) is 94.6 Å². The van der Waals surface area contributed by atoms with Crippen molar-refractivity contribution in [1.29, 1.82) is 0 Å². The Morgan fingerprint density at radius 2 is 1.30 bits per heavy atom. The van der Waals surface area contributed by atoms with Gasteiger partial charge in [0, 0.05) is 11.1 Å². The third-order valence-electron chi connectivity index (χ3n) is 5.25. The van der Waals surface area contributed by atoms with Gasteiger partial charge < -0.3 is 0 Å². The molecule has 0 N–H and O–H groups in total. The summed E-state index contributed by atoms with van der Waals surface area (Å²) in [6.07, 6.45) is 6.65. The minimum absolute atomic E-state index is 0.0741. The molecule has 0 aliphatic carbocycles. The molecule has 0 heterocycles. The van der Waals surface area contributed by atoms with Gasteiger partial charge in [0.05, 0.1) is 5.56 Å². The second kappa shape index (κ2) is 10.7. The molecule has 0 unspecified atom stereocenters. The van der Waals surface area contributed by atoms with E-state index < -0.39 is 11.6 Å². The van der Waals surface area contributed by atoms with Crippen molar-refractivity contribution in [2.45, 2.75) is 52.4 Å². The van der Waals surface area contributed by atoms with Gasteiger partial charge in [0.1, 0.15) is 0 Å². The fraction of sp³-hybridized carbons (Fsp3) is 0.286. The highest BCUT2D eigenvalue weighted by molar-refractivity contribution is 5.66. The molecule has 3 rings (SSSR count). The van der Waals surface area contributed by atoms with Crippen LogP contribution in [0.25, 0.3) is 11.1 Å². The normalized spacial score (nSPS) is 10.5. The zero-order valence-electron chi connectivity index (χ0n) is 17.8. The minimum Gasteiger partial charge on any atom is -0.203 e. The lowest BCUT2D eigenvalue weighted by Gasteiger charge is -2.07. The number of aryl methyl sites for hydroxylation is 2. The van der Waals surface area contributed by atoms with Gasteiger partial charge in [0.2, 0.25) is 0 Å². The van der Waals surface area contributed by atoms with Gasteiger partial charge in [-0.05, 0) is 60.2 Å². The first kappa shape index (κ1) is 21.8. The monoisotopic (exact) mass is 402 g/mol. The van der Waals surface area contributed by atoms with E-state index in [0.29, 0.717) is 5.56 Å². The van der Waals surface area contributed by atoms with Gasteiger partial charge in [-0.15, -0.1) is 0 Å². The first-order valence-electron chi connectivity index (χ1n) is 10.8. The molecule has 0 atom stereocenters. The van der Waals surface area contributed by atoms with E-state index in [2.05, 4.69) is 25.7 Å². The average molecular weight is 403 g/mol. The number of hydrogen-bond donors (Lipinski definition) is 0. The molecule has 0 amide bonds. The molecule has 0 bridgehead atoms. The maximum atomic E-state index is 14.7. The predicted molar refractivity (Wildman–Crippen MR) is 121 cm³/mol. The third-order valence-corrected chi connectivity index (χ3v) is 5.25. The van der Waals surface area contributed by atoms with Crippen LogP contribution >= 0.6 is 0 Å². The van der Waals surface area contributed by atoms with E-state index >= 15 is 0 Å². The maximum Gasteiger partial charge on any atom is 0.175 e. The topological polar surface area (TPSA) is 0 Å². The lowest BCUT2D eigenvalue weighted by Crippen LogP contribution is -1.94. The molecule has 3 aromatic carbocycles. The lowest BCUT2D eigenvalue weighted by atomic mass is 9.99. The zero-order valence-corrected chi connectivity index (χ0v) is 17.8. The van der Waals surface area contributed by atoms with E-state index in [-0.39, 0.29) is 11.1 Å².